The molecule has 0 atom stereocenters. The summed E-state index contributed by atoms with van der Waals surface area (Å²) in [5.41, 5.74) is 2.28. The van der Waals surface area contributed by atoms with Gasteiger partial charge in [-0.15, -0.1) is 0 Å². The van der Waals surface area contributed by atoms with E-state index in [2.05, 4.69) is 4.99 Å². The fraction of sp³-hybridized carbons (Fsp3) is 0.385. The van der Waals surface area contributed by atoms with Crippen LogP contribution in [0.1, 0.15) is 42.3 Å². The average Bonchev–Trinajstić information content (AvgIpc) is 2.63. The summed E-state index contributed by atoms with van der Waals surface area (Å²) >= 11 is 6.14. The topological polar surface area (TPSA) is 29.4 Å². The Balaban J connectivity index is 2.48. The van der Waals surface area contributed by atoms with Crippen LogP contribution >= 0.6 is 11.6 Å². The molecule has 0 saturated carbocycles. The molecule has 0 radical (unpaired) electrons. The predicted octanol–water partition coefficient (Wildman–Crippen LogP) is 3.50. The van der Waals surface area contributed by atoms with Gasteiger partial charge in [-0.3, -0.25) is 9.79 Å². The zero-order chi connectivity index (χ0) is 11.9. The van der Waals surface area contributed by atoms with Crippen LogP contribution < -0.4 is 0 Å². The quantitative estimate of drug-likeness (QED) is 0.685. The van der Waals surface area contributed by atoms with Crippen molar-refractivity contribution in [2.75, 3.05) is 0 Å². The van der Waals surface area contributed by atoms with Crippen molar-refractivity contribution in [1.29, 1.82) is 0 Å². The molecule has 2 nitrogen and oxygen atoms in total. The van der Waals surface area contributed by atoms with Crippen molar-refractivity contribution in [1.82, 2.24) is 0 Å². The lowest BCUT2D eigenvalue weighted by atomic mass is 9.86. The first kappa shape index (κ1) is 11.3. The normalized spacial score (nSPS) is 14.0. The minimum Gasteiger partial charge on any atom is -0.294 e. The highest BCUT2D eigenvalue weighted by atomic mass is 35.5. The zero-order valence-electron chi connectivity index (χ0n) is 9.67. The fourth-order valence-electron chi connectivity index (χ4n) is 1.74. The third kappa shape index (κ3) is 1.90. The lowest BCUT2D eigenvalue weighted by Crippen LogP contribution is -2.20. The molecule has 3 heteroatoms. The van der Waals surface area contributed by atoms with E-state index in [4.69, 9.17) is 11.6 Å². The molecule has 0 saturated heterocycles. The number of halogens is 1. The zero-order valence-corrected chi connectivity index (χ0v) is 10.4. The summed E-state index contributed by atoms with van der Waals surface area (Å²) in [6.45, 7) is 6.35. The van der Waals surface area contributed by atoms with Gasteiger partial charge in [0.15, 0.2) is 5.78 Å². The van der Waals surface area contributed by atoms with Crippen molar-refractivity contribution in [3.05, 3.63) is 33.8 Å². The number of Topliss-reactive ketones (excluding diaryl/α,β-unsaturated/α-hetero) is 1. The van der Waals surface area contributed by atoms with E-state index in [0.717, 1.165) is 11.1 Å². The second-order valence-corrected chi connectivity index (χ2v) is 5.48. The van der Waals surface area contributed by atoms with Crippen LogP contribution in [0.4, 0.5) is 0 Å². The van der Waals surface area contributed by atoms with Gasteiger partial charge in [-0.05, 0) is 17.7 Å². The molecule has 84 valence electrons. The lowest BCUT2D eigenvalue weighted by molar-refractivity contribution is 0.0858. The van der Waals surface area contributed by atoms with E-state index in [0.29, 0.717) is 17.1 Å². The molecular weight excluding hydrogens is 222 g/mol. The number of carbonyl (C=O) groups excluding carboxylic acids is 1. The number of hydrogen-bond acceptors (Lipinski definition) is 2. The van der Waals surface area contributed by atoms with E-state index in [1.807, 2.05) is 26.8 Å². The number of fused-ring (bicyclic) bond motifs is 1. The van der Waals surface area contributed by atoms with Gasteiger partial charge >= 0.3 is 0 Å². The van der Waals surface area contributed by atoms with Crippen LogP contribution in [0.15, 0.2) is 17.1 Å². The maximum atomic E-state index is 12.1. The predicted molar refractivity (Wildman–Crippen MR) is 66.5 cm³/mol. The first-order valence-corrected chi connectivity index (χ1v) is 5.64. The van der Waals surface area contributed by atoms with E-state index in [1.165, 1.54) is 0 Å². The van der Waals surface area contributed by atoms with Crippen molar-refractivity contribution < 1.29 is 4.79 Å². The summed E-state index contributed by atoms with van der Waals surface area (Å²) in [6.07, 6.45) is 1.78. The Morgan fingerprint density at radius 2 is 2.06 bits per heavy atom. The van der Waals surface area contributed by atoms with Crippen molar-refractivity contribution in [3.8, 4) is 0 Å². The van der Waals surface area contributed by atoms with Gasteiger partial charge in [0, 0.05) is 27.8 Å². The number of rotatable bonds is 1. The molecule has 0 fully saturated rings. The van der Waals surface area contributed by atoms with Gasteiger partial charge in [-0.1, -0.05) is 32.4 Å². The van der Waals surface area contributed by atoms with Crippen LogP contribution in [-0.2, 0) is 6.54 Å². The Morgan fingerprint density at radius 3 is 2.69 bits per heavy atom. The van der Waals surface area contributed by atoms with Gasteiger partial charge in [0.05, 0.1) is 6.54 Å². The second kappa shape index (κ2) is 3.70. The highest BCUT2D eigenvalue weighted by molar-refractivity contribution is 6.32. The van der Waals surface area contributed by atoms with Crippen LogP contribution in [0.5, 0.6) is 0 Å². The fourth-order valence-corrected chi connectivity index (χ4v) is 2.03. The van der Waals surface area contributed by atoms with E-state index in [9.17, 15) is 4.79 Å². The molecule has 1 aromatic carbocycles. The molecular formula is C13H14ClNO. The summed E-state index contributed by atoms with van der Waals surface area (Å²) in [4.78, 5) is 16.3. The highest BCUT2D eigenvalue weighted by Gasteiger charge is 2.24. The molecule has 0 amide bonds. The summed E-state index contributed by atoms with van der Waals surface area (Å²) < 4.78 is 0. The van der Waals surface area contributed by atoms with Crippen LogP contribution in [0, 0.1) is 5.41 Å². The molecule has 0 bridgehead atoms. The summed E-state index contributed by atoms with van der Waals surface area (Å²) in [7, 11) is 0. The first-order chi connectivity index (χ1) is 7.39. The Labute approximate surface area is 100 Å². The summed E-state index contributed by atoms with van der Waals surface area (Å²) in [5, 5.41) is 0.641. The maximum absolute atomic E-state index is 12.1. The van der Waals surface area contributed by atoms with E-state index in [-0.39, 0.29) is 11.2 Å². The Kier molecular flexibility index (Phi) is 2.62. The van der Waals surface area contributed by atoms with Gasteiger partial charge < -0.3 is 0 Å². The van der Waals surface area contributed by atoms with Crippen molar-refractivity contribution in [2.24, 2.45) is 10.4 Å². The van der Waals surface area contributed by atoms with Crippen molar-refractivity contribution in [3.63, 3.8) is 0 Å². The molecule has 1 aliphatic rings. The molecule has 16 heavy (non-hydrogen) atoms. The number of carbonyl (C=O) groups is 1. The number of hydrogen-bond donors (Lipinski definition) is 0. The van der Waals surface area contributed by atoms with Gasteiger partial charge in [-0.25, -0.2) is 0 Å². The third-order valence-corrected chi connectivity index (χ3v) is 2.99. The molecule has 0 N–H and O–H groups in total. The number of aliphatic imine (C=N–C) groups is 1. The van der Waals surface area contributed by atoms with Gasteiger partial charge in [0.25, 0.3) is 0 Å². The maximum Gasteiger partial charge on any atom is 0.168 e. The van der Waals surface area contributed by atoms with Crippen molar-refractivity contribution >= 4 is 23.6 Å². The average molecular weight is 236 g/mol. The monoisotopic (exact) mass is 235 g/mol. The Morgan fingerprint density at radius 1 is 1.38 bits per heavy atom. The van der Waals surface area contributed by atoms with E-state index >= 15 is 0 Å². The van der Waals surface area contributed by atoms with Crippen LogP contribution in [0.25, 0.3) is 0 Å². The molecule has 0 spiro atoms. The number of benzene rings is 1. The lowest BCUT2D eigenvalue weighted by Gasteiger charge is -2.17. The molecule has 0 aromatic heterocycles. The minimum atomic E-state index is -0.382. The number of nitrogens with zero attached hydrogens (tertiary/aromatic N) is 1. The number of ketones is 1. The standard InChI is InChI=1S/C13H14ClNO/c1-13(2,3)12(16)8-4-9-6-15-7-10(9)11(14)5-8/h4-6H,7H2,1-3H3. The SMILES string of the molecule is CC(C)(C)C(=O)c1cc(Cl)c2c(c1)C=NC2. The van der Waals surface area contributed by atoms with E-state index < -0.39 is 0 Å². The van der Waals surface area contributed by atoms with Crippen molar-refractivity contribution in [2.45, 2.75) is 27.3 Å². The van der Waals surface area contributed by atoms with Gasteiger partial charge in [0.2, 0.25) is 0 Å². The van der Waals surface area contributed by atoms with Gasteiger partial charge in [0.1, 0.15) is 0 Å². The Bertz CT molecular complexity index is 483. The summed E-state index contributed by atoms with van der Waals surface area (Å²) in [6, 6.07) is 3.63. The van der Waals surface area contributed by atoms with Crippen LogP contribution in [0.2, 0.25) is 5.02 Å². The minimum absolute atomic E-state index is 0.109. The molecule has 1 heterocycles. The summed E-state index contributed by atoms with van der Waals surface area (Å²) in [5.74, 6) is 0.109. The van der Waals surface area contributed by atoms with Crippen LogP contribution in [0.3, 0.4) is 0 Å². The smallest absolute Gasteiger partial charge is 0.168 e. The second-order valence-electron chi connectivity index (χ2n) is 5.07. The highest BCUT2D eigenvalue weighted by Crippen LogP contribution is 2.29. The molecule has 1 aromatic rings. The largest absolute Gasteiger partial charge is 0.294 e. The van der Waals surface area contributed by atoms with E-state index in [1.54, 1.807) is 12.3 Å². The molecule has 0 aliphatic carbocycles. The Hall–Kier alpha value is -1.15. The molecule has 0 unspecified atom stereocenters. The molecule has 2 rings (SSSR count). The van der Waals surface area contributed by atoms with Crippen LogP contribution in [-0.4, -0.2) is 12.0 Å². The van der Waals surface area contributed by atoms with Gasteiger partial charge in [-0.2, -0.15) is 0 Å². The third-order valence-electron chi connectivity index (χ3n) is 2.65. The molecule has 1 aliphatic heterocycles. The first-order valence-electron chi connectivity index (χ1n) is 5.26.